The molecule has 0 radical (unpaired) electrons. The fourth-order valence-electron chi connectivity index (χ4n) is 3.88. The van der Waals surface area contributed by atoms with Crippen molar-refractivity contribution in [3.63, 3.8) is 0 Å². The van der Waals surface area contributed by atoms with Gasteiger partial charge in [0.15, 0.2) is 0 Å². The molecule has 1 amide bonds. The zero-order valence-corrected chi connectivity index (χ0v) is 18.0. The predicted molar refractivity (Wildman–Crippen MR) is 115 cm³/mol. The molecule has 0 unspecified atom stereocenters. The lowest BCUT2D eigenvalue weighted by atomic mass is 10.1. The number of hydrogen-bond donors (Lipinski definition) is 0. The van der Waals surface area contributed by atoms with Crippen molar-refractivity contribution in [2.75, 3.05) is 7.05 Å². The van der Waals surface area contributed by atoms with Crippen LogP contribution in [-0.2, 0) is 30.7 Å². The van der Waals surface area contributed by atoms with E-state index in [4.69, 9.17) is 0 Å². The third-order valence-corrected chi connectivity index (χ3v) is 6.69. The summed E-state index contributed by atoms with van der Waals surface area (Å²) in [5, 5.41) is 0.662. The maximum atomic E-state index is 13.1. The molecule has 0 N–H and O–H groups in total. The van der Waals surface area contributed by atoms with Crippen molar-refractivity contribution in [1.29, 1.82) is 0 Å². The highest BCUT2D eigenvalue weighted by Crippen LogP contribution is 2.32. The Morgan fingerprint density at radius 2 is 1.97 bits per heavy atom. The molecule has 31 heavy (non-hydrogen) atoms. The summed E-state index contributed by atoms with van der Waals surface area (Å²) in [4.78, 5) is 33.8. The lowest BCUT2D eigenvalue weighted by Gasteiger charge is -2.18. The van der Waals surface area contributed by atoms with Gasteiger partial charge in [0, 0.05) is 18.5 Å². The quantitative estimate of drug-likeness (QED) is 0.536. The molecule has 0 spiro atoms. The van der Waals surface area contributed by atoms with E-state index in [1.807, 2.05) is 0 Å². The Labute approximate surface area is 182 Å². The van der Waals surface area contributed by atoms with Crippen LogP contribution in [0, 0.1) is 0 Å². The standard InChI is InChI=1S/C22H23F2N3O3S/c1-26(11-14-7-9-15(10-8-14)30-22(23)24)18(28)12-27-13-25-20-19(21(27)29)16-5-3-2-4-6-17(16)31-20/h7-10,13,22H,2-6,11-12H2,1H3. The first kappa shape index (κ1) is 21.4. The number of aryl methyl sites for hydroxylation is 2. The number of alkyl halides is 2. The molecule has 1 aromatic carbocycles. The van der Waals surface area contributed by atoms with Gasteiger partial charge in [-0.1, -0.05) is 18.6 Å². The first-order valence-corrected chi connectivity index (χ1v) is 11.0. The minimum absolute atomic E-state index is 0.0635. The fourth-order valence-corrected chi connectivity index (χ4v) is 5.09. The number of nitrogens with zero attached hydrogens (tertiary/aromatic N) is 3. The molecule has 0 atom stereocenters. The van der Waals surface area contributed by atoms with Crippen molar-refractivity contribution in [1.82, 2.24) is 14.5 Å². The van der Waals surface area contributed by atoms with E-state index in [0.29, 0.717) is 5.39 Å². The fraction of sp³-hybridized carbons (Fsp3) is 0.409. The van der Waals surface area contributed by atoms with E-state index in [1.54, 1.807) is 30.5 Å². The van der Waals surface area contributed by atoms with Crippen LogP contribution >= 0.6 is 11.3 Å². The molecule has 0 bridgehead atoms. The molecular formula is C22H23F2N3O3S. The van der Waals surface area contributed by atoms with Gasteiger partial charge in [0.25, 0.3) is 5.56 Å². The van der Waals surface area contributed by atoms with Gasteiger partial charge in [-0.2, -0.15) is 8.78 Å². The van der Waals surface area contributed by atoms with E-state index in [-0.39, 0.29) is 30.3 Å². The van der Waals surface area contributed by atoms with E-state index < -0.39 is 6.61 Å². The number of likely N-dealkylation sites (N-methyl/N-ethyl adjacent to an activating group) is 1. The zero-order chi connectivity index (χ0) is 22.0. The largest absolute Gasteiger partial charge is 0.435 e. The lowest BCUT2D eigenvalue weighted by Crippen LogP contribution is -2.33. The van der Waals surface area contributed by atoms with E-state index in [1.165, 1.54) is 32.8 Å². The van der Waals surface area contributed by atoms with Gasteiger partial charge in [-0.05, 0) is 48.9 Å². The average Bonchev–Trinajstić information content (AvgIpc) is 2.93. The van der Waals surface area contributed by atoms with Gasteiger partial charge in [0.1, 0.15) is 17.1 Å². The summed E-state index contributed by atoms with van der Waals surface area (Å²) >= 11 is 1.59. The number of benzene rings is 1. The first-order chi connectivity index (χ1) is 14.9. The molecule has 2 heterocycles. The van der Waals surface area contributed by atoms with Crippen molar-refractivity contribution >= 4 is 27.5 Å². The third kappa shape index (κ3) is 4.76. The second kappa shape index (κ2) is 9.13. The monoisotopic (exact) mass is 447 g/mol. The number of amides is 1. The van der Waals surface area contributed by atoms with Crippen LogP contribution in [0.15, 0.2) is 35.4 Å². The number of fused-ring (bicyclic) bond motifs is 3. The summed E-state index contributed by atoms with van der Waals surface area (Å²) in [5.74, 6) is -0.175. The average molecular weight is 448 g/mol. The topological polar surface area (TPSA) is 64.4 Å². The van der Waals surface area contributed by atoms with Crippen LogP contribution in [0.2, 0.25) is 0 Å². The summed E-state index contributed by atoms with van der Waals surface area (Å²) in [6.07, 6.45) is 6.68. The smallest absolute Gasteiger partial charge is 0.387 e. The summed E-state index contributed by atoms with van der Waals surface area (Å²) in [5.41, 5.74) is 1.71. The van der Waals surface area contributed by atoms with Crippen LogP contribution < -0.4 is 10.3 Å². The number of aromatic nitrogens is 2. The number of carbonyl (C=O) groups excluding carboxylic acids is 1. The molecule has 0 aliphatic heterocycles. The Morgan fingerprint density at radius 1 is 1.23 bits per heavy atom. The molecular weight excluding hydrogens is 424 g/mol. The van der Waals surface area contributed by atoms with Gasteiger partial charge in [-0.25, -0.2) is 4.98 Å². The molecule has 2 aromatic heterocycles. The van der Waals surface area contributed by atoms with Gasteiger partial charge in [-0.15, -0.1) is 11.3 Å². The molecule has 0 saturated carbocycles. The van der Waals surface area contributed by atoms with Crippen molar-refractivity contribution < 1.29 is 18.3 Å². The maximum Gasteiger partial charge on any atom is 0.387 e. The van der Waals surface area contributed by atoms with E-state index >= 15 is 0 Å². The number of halogens is 2. The van der Waals surface area contributed by atoms with Crippen molar-refractivity contribution in [2.45, 2.75) is 51.8 Å². The van der Waals surface area contributed by atoms with Gasteiger partial charge < -0.3 is 9.64 Å². The maximum absolute atomic E-state index is 13.1. The van der Waals surface area contributed by atoms with Crippen LogP contribution in [0.4, 0.5) is 8.78 Å². The first-order valence-electron chi connectivity index (χ1n) is 10.2. The Morgan fingerprint density at radius 3 is 2.71 bits per heavy atom. The Kier molecular flexibility index (Phi) is 6.31. The van der Waals surface area contributed by atoms with Crippen LogP contribution in [0.5, 0.6) is 5.75 Å². The zero-order valence-electron chi connectivity index (χ0n) is 17.1. The lowest BCUT2D eigenvalue weighted by molar-refractivity contribution is -0.131. The molecule has 9 heteroatoms. The van der Waals surface area contributed by atoms with Crippen LogP contribution in [0.25, 0.3) is 10.2 Å². The highest BCUT2D eigenvalue weighted by atomic mass is 32.1. The van der Waals surface area contributed by atoms with E-state index in [9.17, 15) is 18.4 Å². The molecule has 6 nitrogen and oxygen atoms in total. The van der Waals surface area contributed by atoms with Gasteiger partial charge in [0.2, 0.25) is 5.91 Å². The van der Waals surface area contributed by atoms with Crippen LogP contribution in [0.3, 0.4) is 0 Å². The molecule has 4 rings (SSSR count). The highest BCUT2D eigenvalue weighted by molar-refractivity contribution is 7.18. The van der Waals surface area contributed by atoms with Gasteiger partial charge >= 0.3 is 6.61 Å². The number of ether oxygens (including phenoxy) is 1. The molecule has 3 aromatic rings. The minimum atomic E-state index is -2.88. The molecule has 0 saturated heterocycles. The van der Waals surface area contributed by atoms with E-state index in [0.717, 1.165) is 48.1 Å². The number of rotatable bonds is 6. The van der Waals surface area contributed by atoms with Crippen molar-refractivity contribution in [2.24, 2.45) is 0 Å². The minimum Gasteiger partial charge on any atom is -0.435 e. The highest BCUT2D eigenvalue weighted by Gasteiger charge is 2.20. The molecule has 164 valence electrons. The molecule has 1 aliphatic rings. The summed E-state index contributed by atoms with van der Waals surface area (Å²) in [6, 6.07) is 6.12. The summed E-state index contributed by atoms with van der Waals surface area (Å²) in [6.45, 7) is -2.70. The van der Waals surface area contributed by atoms with Gasteiger partial charge in [-0.3, -0.25) is 14.2 Å². The van der Waals surface area contributed by atoms with Crippen molar-refractivity contribution in [3.8, 4) is 5.75 Å². The predicted octanol–water partition coefficient (Wildman–Crippen LogP) is 3.99. The second-order valence-electron chi connectivity index (χ2n) is 7.69. The van der Waals surface area contributed by atoms with Crippen LogP contribution in [0.1, 0.15) is 35.3 Å². The number of carbonyl (C=O) groups is 1. The van der Waals surface area contributed by atoms with Crippen LogP contribution in [-0.4, -0.2) is 34.0 Å². The number of hydrogen-bond acceptors (Lipinski definition) is 5. The second-order valence-corrected chi connectivity index (χ2v) is 8.78. The van der Waals surface area contributed by atoms with Crippen molar-refractivity contribution in [3.05, 3.63) is 57.0 Å². The summed E-state index contributed by atoms with van der Waals surface area (Å²) < 4.78 is 30.2. The molecule has 0 fully saturated rings. The normalized spacial score (nSPS) is 13.8. The van der Waals surface area contributed by atoms with E-state index in [2.05, 4.69) is 9.72 Å². The Bertz CT molecular complexity index is 1140. The third-order valence-electron chi connectivity index (χ3n) is 5.49. The SMILES string of the molecule is CN(Cc1ccc(OC(F)F)cc1)C(=O)Cn1cnc2sc3c(c2c1=O)CCCCC3. The van der Waals surface area contributed by atoms with Gasteiger partial charge in [0.05, 0.1) is 11.7 Å². The summed E-state index contributed by atoms with van der Waals surface area (Å²) in [7, 11) is 1.64. The number of thiophene rings is 1. The Balaban J connectivity index is 1.48. The molecule has 1 aliphatic carbocycles. The Hall–Kier alpha value is -2.81.